The zero-order valence-electron chi connectivity index (χ0n) is 53.0. The van der Waals surface area contributed by atoms with Gasteiger partial charge in [-0.25, -0.2) is 0 Å². The molecule has 0 aliphatic carbocycles. The van der Waals surface area contributed by atoms with Gasteiger partial charge >= 0.3 is 17.9 Å². The average molecular weight is 1100 g/mol. The zero-order valence-corrected chi connectivity index (χ0v) is 53.0. The molecule has 1 atom stereocenters. The maximum absolute atomic E-state index is 12.1. The van der Waals surface area contributed by atoms with E-state index in [1.54, 1.807) is 6.92 Å². The van der Waals surface area contributed by atoms with E-state index in [-0.39, 0.29) is 24.6 Å². The monoisotopic (exact) mass is 1100 g/mol. The number of unbranched alkanes of at least 4 members (excludes halogenated alkanes) is 31. The fraction of sp³-hybridized carbons (Fsp3) is 0.740. The minimum Gasteiger partial charge on any atom is -0.481 e. The highest BCUT2D eigenvalue weighted by molar-refractivity contribution is 5.70. The standard InChI is InChI=1S/C39H68O4.C18H32O2.C16H30/c1-4-6-8-10-12-14-16-18-20-22-24-26-28-30-32-34-38(40)42-36-37(3)43-39(41)35-33-31-29-27-25-23-21-19-17-15-13-11-9-7-5-2;1-2-3-4-5-6-7-8-9-10-11-12-13-14-15-16-17-18(19)20;1-3-5-7-9-11-13-15-16-14-12-10-8-6-4-2/h12-15,18-21,37H,4-11,16-17,22-36H2,1-3H3;6-7,9-10H,2-5,8,11-17H2,1H3,(H,19,20);11,13-14,16H,3-10,12,15H2,1-2H3/b14-12-,15-13+,20-18+,21-19+;7-6-,10-9+;13-11+,16-14+/t37-;;/m0../s1. The second-order valence-electron chi connectivity index (χ2n) is 21.8. The third-order valence-corrected chi connectivity index (χ3v) is 13.6. The molecule has 0 rings (SSSR count). The number of carboxylic acids is 1. The van der Waals surface area contributed by atoms with E-state index in [4.69, 9.17) is 14.6 Å². The van der Waals surface area contributed by atoms with Crippen molar-refractivity contribution in [1.29, 1.82) is 0 Å². The first-order valence-electron chi connectivity index (χ1n) is 33.5. The molecule has 0 heterocycles. The van der Waals surface area contributed by atoms with Crippen molar-refractivity contribution in [2.75, 3.05) is 6.61 Å². The number of ether oxygens (including phenoxy) is 2. The summed E-state index contributed by atoms with van der Waals surface area (Å²) in [6, 6.07) is 0. The Morgan fingerprint density at radius 2 is 0.532 bits per heavy atom. The number of carboxylic acid groups (broad SMARTS) is 1. The van der Waals surface area contributed by atoms with Gasteiger partial charge in [-0.05, 0) is 155 Å². The fourth-order valence-corrected chi connectivity index (χ4v) is 8.56. The van der Waals surface area contributed by atoms with Crippen LogP contribution < -0.4 is 0 Å². The van der Waals surface area contributed by atoms with Crippen LogP contribution in [0.2, 0.25) is 0 Å². The Balaban J connectivity index is -0.00000131. The Morgan fingerprint density at radius 3 is 0.823 bits per heavy atom. The van der Waals surface area contributed by atoms with Crippen LogP contribution in [-0.2, 0) is 23.9 Å². The second-order valence-corrected chi connectivity index (χ2v) is 21.8. The van der Waals surface area contributed by atoms with E-state index in [1.807, 2.05) is 0 Å². The molecule has 0 aliphatic heterocycles. The molecule has 0 saturated carbocycles. The highest BCUT2D eigenvalue weighted by Crippen LogP contribution is 2.13. The molecule has 0 saturated heterocycles. The van der Waals surface area contributed by atoms with Crippen molar-refractivity contribution in [2.24, 2.45) is 0 Å². The molecule has 0 fully saturated rings. The van der Waals surface area contributed by atoms with Crippen molar-refractivity contribution in [1.82, 2.24) is 0 Å². The summed E-state index contributed by atoms with van der Waals surface area (Å²) in [7, 11) is 0. The van der Waals surface area contributed by atoms with E-state index >= 15 is 0 Å². The van der Waals surface area contributed by atoms with E-state index < -0.39 is 5.97 Å². The van der Waals surface area contributed by atoms with Crippen molar-refractivity contribution in [3.8, 4) is 0 Å². The third kappa shape index (κ3) is 80.9. The molecule has 0 bridgehead atoms. The van der Waals surface area contributed by atoms with Crippen LogP contribution in [0.25, 0.3) is 0 Å². The molecule has 0 aromatic rings. The number of carbonyl (C=O) groups excluding carboxylic acids is 2. The van der Waals surface area contributed by atoms with Gasteiger partial charge in [0, 0.05) is 19.3 Å². The van der Waals surface area contributed by atoms with Crippen molar-refractivity contribution >= 4 is 17.9 Å². The summed E-state index contributed by atoms with van der Waals surface area (Å²) in [5, 5.41) is 8.50. The van der Waals surface area contributed by atoms with Gasteiger partial charge in [0.2, 0.25) is 0 Å². The lowest BCUT2D eigenvalue weighted by molar-refractivity contribution is -0.158. The number of hydrogen-bond donors (Lipinski definition) is 1. The Bertz CT molecular complexity index is 1480. The van der Waals surface area contributed by atoms with Gasteiger partial charge in [0.25, 0.3) is 0 Å². The van der Waals surface area contributed by atoms with E-state index in [0.29, 0.717) is 19.3 Å². The predicted octanol–water partition coefficient (Wildman–Crippen LogP) is 24.0. The molecule has 0 aliphatic rings. The SMILES string of the molecule is CCCCC/C=C/C/C=C/CCCCCC.CCCCC/C=C\C/C=C/CCCCCCCC(=O)O.CCCCC/C=C\C/C=C/CCCCCCCC(=O)OC[C@H](C)OC(=O)CCCCCCC/C=C/C/C=C/CCCCC. The minimum absolute atomic E-state index is 0.146. The molecule has 0 aromatic heterocycles. The summed E-state index contributed by atoms with van der Waals surface area (Å²) < 4.78 is 10.7. The van der Waals surface area contributed by atoms with Crippen molar-refractivity contribution < 1.29 is 29.0 Å². The lowest BCUT2D eigenvalue weighted by atomic mass is 10.1. The predicted molar refractivity (Wildman–Crippen MR) is 348 cm³/mol. The number of carbonyl (C=O) groups is 3. The Kier molecular flexibility index (Phi) is 74.9. The smallest absolute Gasteiger partial charge is 0.306 e. The number of hydrogen-bond acceptors (Lipinski definition) is 5. The van der Waals surface area contributed by atoms with Gasteiger partial charge in [-0.15, -0.1) is 0 Å². The van der Waals surface area contributed by atoms with Crippen LogP contribution in [0.15, 0.2) is 97.2 Å². The summed E-state index contributed by atoms with van der Waals surface area (Å²) in [5.41, 5.74) is 0. The Labute approximate surface area is 491 Å². The van der Waals surface area contributed by atoms with Gasteiger partial charge < -0.3 is 14.6 Å². The van der Waals surface area contributed by atoms with Crippen molar-refractivity contribution in [3.63, 3.8) is 0 Å². The van der Waals surface area contributed by atoms with E-state index in [2.05, 4.69) is 132 Å². The summed E-state index contributed by atoms with van der Waals surface area (Å²) in [5.74, 6) is -1.05. The summed E-state index contributed by atoms with van der Waals surface area (Å²) >= 11 is 0. The molecule has 0 aromatic carbocycles. The number of rotatable bonds is 56. The number of aliphatic carboxylic acids is 1. The maximum atomic E-state index is 12.1. The van der Waals surface area contributed by atoms with Crippen LogP contribution in [0.4, 0.5) is 0 Å². The van der Waals surface area contributed by atoms with Gasteiger partial charge in [-0.3, -0.25) is 14.4 Å². The Hall–Kier alpha value is -3.67. The molecule has 0 amide bonds. The third-order valence-electron chi connectivity index (χ3n) is 13.6. The van der Waals surface area contributed by atoms with Crippen LogP contribution >= 0.6 is 0 Å². The molecule has 1 N–H and O–H groups in total. The van der Waals surface area contributed by atoms with Crippen LogP contribution in [0.3, 0.4) is 0 Å². The quantitative estimate of drug-likeness (QED) is 0.0371. The first kappa shape index (κ1) is 79.6. The lowest BCUT2D eigenvalue weighted by Gasteiger charge is -2.13. The van der Waals surface area contributed by atoms with Crippen LogP contribution in [-0.4, -0.2) is 35.7 Å². The van der Waals surface area contributed by atoms with Crippen LogP contribution in [0, 0.1) is 0 Å². The van der Waals surface area contributed by atoms with Gasteiger partial charge in [0.05, 0.1) is 0 Å². The molecular weight excluding hydrogens is 973 g/mol. The fourth-order valence-electron chi connectivity index (χ4n) is 8.56. The largest absolute Gasteiger partial charge is 0.481 e. The molecule has 0 radical (unpaired) electrons. The summed E-state index contributed by atoms with van der Waals surface area (Å²) in [4.78, 5) is 34.4. The highest BCUT2D eigenvalue weighted by atomic mass is 16.6. The maximum Gasteiger partial charge on any atom is 0.306 e. The molecule has 6 nitrogen and oxygen atoms in total. The zero-order chi connectivity index (χ0) is 58.3. The van der Waals surface area contributed by atoms with E-state index in [9.17, 15) is 14.4 Å². The first-order valence-corrected chi connectivity index (χ1v) is 33.5. The van der Waals surface area contributed by atoms with Crippen molar-refractivity contribution in [2.45, 2.75) is 343 Å². The first-order chi connectivity index (χ1) is 38.8. The van der Waals surface area contributed by atoms with Crippen LogP contribution in [0.5, 0.6) is 0 Å². The second kappa shape index (κ2) is 74.3. The summed E-state index contributed by atoms with van der Waals surface area (Å²) in [6.45, 7) is 13.2. The molecular formula is C73H130O6. The van der Waals surface area contributed by atoms with Gasteiger partial charge in [0.1, 0.15) is 12.7 Å². The molecule has 458 valence electrons. The van der Waals surface area contributed by atoms with E-state index in [1.165, 1.54) is 180 Å². The molecule has 0 unspecified atom stereocenters. The van der Waals surface area contributed by atoms with Gasteiger partial charge in [-0.2, -0.15) is 0 Å². The normalized spacial score (nSPS) is 12.3. The molecule has 0 spiro atoms. The van der Waals surface area contributed by atoms with E-state index in [0.717, 1.165) is 96.3 Å². The molecule has 79 heavy (non-hydrogen) atoms. The Morgan fingerprint density at radius 1 is 0.304 bits per heavy atom. The topological polar surface area (TPSA) is 89.9 Å². The molecule has 6 heteroatoms. The summed E-state index contributed by atoms with van der Waals surface area (Å²) in [6.07, 6.45) is 89.1. The van der Waals surface area contributed by atoms with Crippen molar-refractivity contribution in [3.05, 3.63) is 97.2 Å². The minimum atomic E-state index is -0.671. The van der Waals surface area contributed by atoms with Gasteiger partial charge in [0.15, 0.2) is 0 Å². The average Bonchev–Trinajstić information content (AvgIpc) is 3.44. The van der Waals surface area contributed by atoms with Crippen LogP contribution in [0.1, 0.15) is 337 Å². The highest BCUT2D eigenvalue weighted by Gasteiger charge is 2.12. The number of allylic oxidation sites excluding steroid dienone is 16. The van der Waals surface area contributed by atoms with Gasteiger partial charge in [-0.1, -0.05) is 260 Å². The number of esters is 2. The lowest BCUT2D eigenvalue weighted by Crippen LogP contribution is -2.22.